The molecule has 0 saturated carbocycles. The number of rotatable bonds is 9. The van der Waals surface area contributed by atoms with Gasteiger partial charge < -0.3 is 9.08 Å². The molecule has 8 heteroatoms. The van der Waals surface area contributed by atoms with Gasteiger partial charge in [0.25, 0.3) is 0 Å². The van der Waals surface area contributed by atoms with Gasteiger partial charge in [-0.3, -0.25) is 4.79 Å². The molecule has 30 heavy (non-hydrogen) atoms. The lowest BCUT2D eigenvalue weighted by atomic mass is 9.93. The topological polar surface area (TPSA) is 63.7 Å². The molecule has 0 atom stereocenters. The van der Waals surface area contributed by atoms with E-state index in [4.69, 9.17) is 15.8 Å². The second kappa shape index (κ2) is 9.79. The predicted octanol–water partition coefficient (Wildman–Crippen LogP) is 4.84. The molecule has 1 amide bonds. The van der Waals surface area contributed by atoms with Crippen LogP contribution in [0.25, 0.3) is 0 Å². The molecule has 0 saturated heterocycles. The van der Waals surface area contributed by atoms with Crippen molar-refractivity contribution >= 4 is 27.6 Å². The van der Waals surface area contributed by atoms with Crippen LogP contribution in [0.3, 0.4) is 0 Å². The molecular formula is C22H27ClFNO4S. The van der Waals surface area contributed by atoms with Gasteiger partial charge >= 0.3 is 10.1 Å². The van der Waals surface area contributed by atoms with Crippen LogP contribution in [0.15, 0.2) is 53.4 Å². The molecule has 2 aromatic rings. The van der Waals surface area contributed by atoms with E-state index in [-0.39, 0.29) is 28.4 Å². The van der Waals surface area contributed by atoms with Crippen molar-refractivity contribution in [1.29, 1.82) is 0 Å². The average Bonchev–Trinajstić information content (AvgIpc) is 2.66. The lowest BCUT2D eigenvalue weighted by molar-refractivity contribution is -0.140. The third-order valence-electron chi connectivity index (χ3n) is 4.37. The predicted molar refractivity (Wildman–Crippen MR) is 115 cm³/mol. The summed E-state index contributed by atoms with van der Waals surface area (Å²) in [5, 5.41) is 0. The summed E-state index contributed by atoms with van der Waals surface area (Å²) in [4.78, 5) is 14.5. The molecule has 2 rings (SSSR count). The first-order chi connectivity index (χ1) is 13.9. The van der Waals surface area contributed by atoms with Crippen LogP contribution >= 0.6 is 11.6 Å². The van der Waals surface area contributed by atoms with E-state index in [1.807, 2.05) is 13.8 Å². The molecule has 0 N–H and O–H groups in total. The summed E-state index contributed by atoms with van der Waals surface area (Å²) < 4.78 is 43.2. The molecule has 0 fully saturated rings. The Bertz CT molecular complexity index is 975. The van der Waals surface area contributed by atoms with E-state index in [1.54, 1.807) is 36.9 Å². The first-order valence-corrected chi connectivity index (χ1v) is 11.5. The highest BCUT2D eigenvalue weighted by molar-refractivity contribution is 7.87. The second-order valence-corrected chi connectivity index (χ2v) is 10.0. The van der Waals surface area contributed by atoms with Crippen molar-refractivity contribution in [2.75, 3.05) is 12.4 Å². The van der Waals surface area contributed by atoms with Gasteiger partial charge in [0.05, 0.1) is 5.41 Å². The molecule has 0 aromatic heterocycles. The monoisotopic (exact) mass is 455 g/mol. The number of carbonyl (C=O) groups is 1. The zero-order valence-electron chi connectivity index (χ0n) is 17.6. The lowest BCUT2D eigenvalue weighted by Crippen LogP contribution is -2.43. The van der Waals surface area contributed by atoms with E-state index in [1.165, 1.54) is 6.07 Å². The highest BCUT2D eigenvalue weighted by Gasteiger charge is 2.31. The van der Waals surface area contributed by atoms with Gasteiger partial charge in [-0.1, -0.05) is 26.0 Å². The smallest absolute Gasteiger partial charge is 0.339 e. The highest BCUT2D eigenvalue weighted by Crippen LogP contribution is 2.25. The van der Waals surface area contributed by atoms with Crippen LogP contribution in [0.2, 0.25) is 0 Å². The molecule has 0 unspecified atom stereocenters. The van der Waals surface area contributed by atoms with E-state index < -0.39 is 21.4 Å². The summed E-state index contributed by atoms with van der Waals surface area (Å²) >= 11 is 5.98. The maximum absolute atomic E-state index is 13.1. The third-order valence-corrected chi connectivity index (χ3v) is 6.30. The first kappa shape index (κ1) is 24.2. The molecule has 0 aliphatic rings. The van der Waals surface area contributed by atoms with Crippen molar-refractivity contribution in [3.8, 4) is 5.75 Å². The van der Waals surface area contributed by atoms with Crippen LogP contribution in [0.1, 0.15) is 33.3 Å². The van der Waals surface area contributed by atoms with Crippen molar-refractivity contribution in [3.05, 3.63) is 59.9 Å². The summed E-state index contributed by atoms with van der Waals surface area (Å²) in [5.41, 5.74) is 0.0115. The molecule has 0 aliphatic heterocycles. The molecule has 0 bridgehead atoms. The Labute approximate surface area is 182 Å². The van der Waals surface area contributed by atoms with Gasteiger partial charge in [-0.25, -0.2) is 4.39 Å². The minimum absolute atomic E-state index is 0.0727. The zero-order chi connectivity index (χ0) is 22.5. The number of nitrogens with zero attached hydrogens (tertiary/aromatic N) is 1. The van der Waals surface area contributed by atoms with Gasteiger partial charge in [-0.2, -0.15) is 8.42 Å². The minimum atomic E-state index is -4.10. The first-order valence-electron chi connectivity index (χ1n) is 9.59. The summed E-state index contributed by atoms with van der Waals surface area (Å²) in [6.45, 7) is 8.46. The second-order valence-electron chi connectivity index (χ2n) is 8.24. The molecule has 2 aromatic carbocycles. The van der Waals surface area contributed by atoms with Crippen LogP contribution in [0, 0.1) is 17.2 Å². The summed E-state index contributed by atoms with van der Waals surface area (Å²) in [7, 11) is -4.10. The zero-order valence-corrected chi connectivity index (χ0v) is 19.1. The molecule has 0 radical (unpaired) electrons. The summed E-state index contributed by atoms with van der Waals surface area (Å²) in [6.07, 6.45) is 0. The fourth-order valence-electron chi connectivity index (χ4n) is 2.84. The standard InChI is InChI=1S/C22H27ClFNO4S/c1-16(2)13-25(21(26)22(3,4)15-23)14-17-6-5-7-19(12-17)29-30(27,28)20-10-8-18(24)9-11-20/h5-12,16H,13-15H2,1-4H3. The normalized spacial score (nSPS) is 12.1. The summed E-state index contributed by atoms with van der Waals surface area (Å²) in [5.74, 6) is -0.0506. The van der Waals surface area contributed by atoms with Gasteiger partial charge in [0.15, 0.2) is 0 Å². The van der Waals surface area contributed by atoms with Crippen LogP contribution in [0.5, 0.6) is 5.75 Å². The van der Waals surface area contributed by atoms with Gasteiger partial charge in [0.1, 0.15) is 16.5 Å². The van der Waals surface area contributed by atoms with Gasteiger partial charge in [-0.15, -0.1) is 11.6 Å². The fourth-order valence-corrected chi connectivity index (χ4v) is 3.87. The Balaban J connectivity index is 2.24. The number of carbonyl (C=O) groups excluding carboxylic acids is 1. The van der Waals surface area contributed by atoms with Crippen molar-refractivity contribution in [2.24, 2.45) is 11.3 Å². The van der Waals surface area contributed by atoms with Gasteiger partial charge in [0.2, 0.25) is 5.91 Å². The Morgan fingerprint density at radius 3 is 2.37 bits per heavy atom. The third kappa shape index (κ3) is 6.44. The van der Waals surface area contributed by atoms with Crippen LogP contribution in [-0.2, 0) is 21.5 Å². The van der Waals surface area contributed by atoms with Crippen LogP contribution in [0.4, 0.5) is 4.39 Å². The summed E-state index contributed by atoms with van der Waals surface area (Å²) in [6, 6.07) is 11.0. The quantitative estimate of drug-likeness (QED) is 0.400. The minimum Gasteiger partial charge on any atom is -0.379 e. The van der Waals surface area contributed by atoms with Crippen molar-refractivity contribution in [3.63, 3.8) is 0 Å². The lowest BCUT2D eigenvalue weighted by Gasteiger charge is -2.32. The number of halogens is 2. The Morgan fingerprint density at radius 2 is 1.80 bits per heavy atom. The average molecular weight is 456 g/mol. The Hall–Kier alpha value is -2.12. The van der Waals surface area contributed by atoms with E-state index in [0.717, 1.165) is 29.8 Å². The number of alkyl halides is 1. The van der Waals surface area contributed by atoms with Crippen LogP contribution < -0.4 is 4.18 Å². The number of hydrogen-bond donors (Lipinski definition) is 0. The van der Waals surface area contributed by atoms with Crippen molar-refractivity contribution in [2.45, 2.75) is 39.1 Å². The molecule has 0 spiro atoms. The molecule has 0 heterocycles. The molecule has 164 valence electrons. The number of amides is 1. The molecule has 0 aliphatic carbocycles. The van der Waals surface area contributed by atoms with Gasteiger partial charge in [0, 0.05) is 19.0 Å². The van der Waals surface area contributed by atoms with E-state index in [2.05, 4.69) is 0 Å². The van der Waals surface area contributed by atoms with E-state index >= 15 is 0 Å². The van der Waals surface area contributed by atoms with Crippen molar-refractivity contribution in [1.82, 2.24) is 4.90 Å². The SMILES string of the molecule is CC(C)CN(Cc1cccc(OS(=O)(=O)c2ccc(F)cc2)c1)C(=O)C(C)(C)CCl. The van der Waals surface area contributed by atoms with E-state index in [9.17, 15) is 17.6 Å². The number of benzene rings is 2. The van der Waals surface area contributed by atoms with E-state index in [0.29, 0.717) is 13.1 Å². The largest absolute Gasteiger partial charge is 0.379 e. The molecular weight excluding hydrogens is 429 g/mol. The Kier molecular flexibility index (Phi) is 7.88. The van der Waals surface area contributed by atoms with Gasteiger partial charge in [-0.05, 0) is 61.7 Å². The highest BCUT2D eigenvalue weighted by atomic mass is 35.5. The maximum atomic E-state index is 13.1. The van der Waals surface area contributed by atoms with Crippen molar-refractivity contribution < 1.29 is 21.8 Å². The maximum Gasteiger partial charge on any atom is 0.339 e. The number of hydrogen-bond acceptors (Lipinski definition) is 4. The Morgan fingerprint density at radius 1 is 1.17 bits per heavy atom. The fraction of sp³-hybridized carbons (Fsp3) is 0.409. The van der Waals surface area contributed by atoms with Crippen LogP contribution in [-0.4, -0.2) is 31.6 Å². The molecule has 5 nitrogen and oxygen atoms in total.